The van der Waals surface area contributed by atoms with Crippen LogP contribution in [0.4, 0.5) is 18.0 Å². The number of amides is 2. The quantitative estimate of drug-likeness (QED) is 0.649. The number of hydrogen-bond donors (Lipinski definition) is 1. The summed E-state index contributed by atoms with van der Waals surface area (Å²) in [7, 11) is 0. The number of rotatable bonds is 1. The molecule has 4 rings (SSSR count). The Morgan fingerprint density at radius 1 is 1.03 bits per heavy atom. The van der Waals surface area contributed by atoms with Gasteiger partial charge >= 0.3 is 12.3 Å². The number of halogens is 3. The van der Waals surface area contributed by atoms with Crippen molar-refractivity contribution in [2.45, 2.75) is 39.0 Å². The summed E-state index contributed by atoms with van der Waals surface area (Å²) in [6.45, 7) is 6.36. The van der Waals surface area contributed by atoms with Gasteiger partial charge in [0, 0.05) is 13.1 Å². The van der Waals surface area contributed by atoms with Crippen molar-refractivity contribution in [3.05, 3.63) is 53.6 Å². The maximum atomic E-state index is 13.5. The molecule has 1 saturated heterocycles. The molecule has 0 bridgehead atoms. The van der Waals surface area contributed by atoms with Crippen LogP contribution in [0.2, 0.25) is 0 Å². The summed E-state index contributed by atoms with van der Waals surface area (Å²) < 4.78 is 44.6. The zero-order chi connectivity index (χ0) is 24.1. The van der Waals surface area contributed by atoms with Crippen LogP contribution < -0.4 is 4.74 Å². The minimum Gasteiger partial charge on any atom is -0.491 e. The summed E-state index contributed by atoms with van der Waals surface area (Å²) in [6.07, 6.45) is -5.46. The van der Waals surface area contributed by atoms with Crippen LogP contribution in [-0.4, -0.2) is 58.7 Å². The molecule has 0 spiro atoms. The molecule has 2 aliphatic heterocycles. The number of carbonyl (C=O) groups is 2. The van der Waals surface area contributed by atoms with E-state index in [1.54, 1.807) is 23.1 Å². The van der Waals surface area contributed by atoms with Crippen molar-refractivity contribution in [3.63, 3.8) is 0 Å². The highest BCUT2D eigenvalue weighted by atomic mass is 19.4. The van der Waals surface area contributed by atoms with Gasteiger partial charge in [0.15, 0.2) is 0 Å². The van der Waals surface area contributed by atoms with Crippen molar-refractivity contribution >= 4 is 12.0 Å². The number of ether oxygens (including phenoxy) is 1. The van der Waals surface area contributed by atoms with Gasteiger partial charge in [0.2, 0.25) is 0 Å². The van der Waals surface area contributed by atoms with Crippen LogP contribution in [-0.2, 0) is 6.18 Å². The number of nitrogens with zero attached hydrogens (tertiary/aromatic N) is 2. The van der Waals surface area contributed by atoms with Crippen LogP contribution in [0.1, 0.15) is 36.7 Å². The van der Waals surface area contributed by atoms with Crippen molar-refractivity contribution in [2.24, 2.45) is 5.41 Å². The number of fused-ring (bicyclic) bond motifs is 2. The zero-order valence-corrected chi connectivity index (χ0v) is 18.5. The molecule has 9 heteroatoms. The molecule has 2 aromatic carbocycles. The maximum Gasteiger partial charge on any atom is 0.416 e. The SMILES string of the molecule is CC(C)(C)[C@H]1C2COc3ccc(-c4ccc(C(F)(F)F)cc4)cc3C(=O)N2CCN1C(=O)O. The van der Waals surface area contributed by atoms with Crippen molar-refractivity contribution in [1.29, 1.82) is 0 Å². The first-order chi connectivity index (χ1) is 15.4. The number of carbonyl (C=O) groups excluding carboxylic acids is 1. The lowest BCUT2D eigenvalue weighted by molar-refractivity contribution is -0.137. The lowest BCUT2D eigenvalue weighted by Gasteiger charge is -2.50. The fraction of sp³-hybridized carbons (Fsp3) is 0.417. The van der Waals surface area contributed by atoms with E-state index in [4.69, 9.17) is 4.74 Å². The highest BCUT2D eigenvalue weighted by molar-refractivity contribution is 5.99. The Bertz CT molecular complexity index is 1080. The smallest absolute Gasteiger partial charge is 0.416 e. The monoisotopic (exact) mass is 462 g/mol. The van der Waals surface area contributed by atoms with Crippen molar-refractivity contribution in [3.8, 4) is 16.9 Å². The molecule has 0 aromatic heterocycles. The maximum absolute atomic E-state index is 13.5. The summed E-state index contributed by atoms with van der Waals surface area (Å²) in [5, 5.41) is 9.72. The first-order valence-electron chi connectivity index (χ1n) is 10.6. The van der Waals surface area contributed by atoms with Crippen molar-refractivity contribution in [1.82, 2.24) is 9.80 Å². The molecule has 2 amide bonds. The second-order valence-electron chi connectivity index (χ2n) is 9.45. The van der Waals surface area contributed by atoms with Gasteiger partial charge in [-0.25, -0.2) is 4.79 Å². The van der Waals surface area contributed by atoms with E-state index in [1.807, 2.05) is 20.8 Å². The van der Waals surface area contributed by atoms with Gasteiger partial charge in [-0.05, 0) is 40.8 Å². The molecule has 1 fully saturated rings. The van der Waals surface area contributed by atoms with Gasteiger partial charge in [-0.15, -0.1) is 0 Å². The molecular weight excluding hydrogens is 437 g/mol. The number of carboxylic acid groups (broad SMARTS) is 1. The van der Waals surface area contributed by atoms with E-state index in [0.717, 1.165) is 12.1 Å². The van der Waals surface area contributed by atoms with Gasteiger partial charge in [-0.1, -0.05) is 39.0 Å². The predicted molar refractivity (Wildman–Crippen MR) is 115 cm³/mol. The van der Waals surface area contributed by atoms with Gasteiger partial charge in [-0.3, -0.25) is 4.79 Å². The third-order valence-corrected chi connectivity index (χ3v) is 6.24. The van der Waals surface area contributed by atoms with Crippen LogP contribution in [0, 0.1) is 5.41 Å². The van der Waals surface area contributed by atoms with Crippen molar-refractivity contribution in [2.75, 3.05) is 19.7 Å². The van der Waals surface area contributed by atoms with Gasteiger partial charge in [0.1, 0.15) is 12.4 Å². The summed E-state index contributed by atoms with van der Waals surface area (Å²) in [5.74, 6) is 0.0974. The molecule has 1 N–H and O–H groups in total. The van der Waals surface area contributed by atoms with Crippen molar-refractivity contribution < 1.29 is 32.6 Å². The Balaban J connectivity index is 1.68. The lowest BCUT2D eigenvalue weighted by Crippen LogP contribution is -2.67. The average Bonchev–Trinajstić information content (AvgIpc) is 2.88. The van der Waals surface area contributed by atoms with Gasteiger partial charge in [-0.2, -0.15) is 13.2 Å². The van der Waals surface area contributed by atoms with Gasteiger partial charge in [0.05, 0.1) is 23.2 Å². The molecule has 1 unspecified atom stereocenters. The van der Waals surface area contributed by atoms with E-state index in [-0.39, 0.29) is 25.6 Å². The largest absolute Gasteiger partial charge is 0.491 e. The summed E-state index contributed by atoms with van der Waals surface area (Å²) in [4.78, 5) is 28.4. The predicted octanol–water partition coefficient (Wildman–Crippen LogP) is 4.98. The Kier molecular flexibility index (Phi) is 5.54. The molecule has 0 radical (unpaired) electrons. The van der Waals surface area contributed by atoms with Crippen LogP contribution in [0.5, 0.6) is 5.75 Å². The molecule has 2 aliphatic rings. The fourth-order valence-corrected chi connectivity index (χ4v) is 4.78. The highest BCUT2D eigenvalue weighted by Gasteiger charge is 2.48. The molecule has 2 atom stereocenters. The Labute approximate surface area is 189 Å². The van der Waals surface area contributed by atoms with E-state index in [0.29, 0.717) is 22.4 Å². The normalized spacial score (nSPS) is 21.1. The van der Waals surface area contributed by atoms with Crippen LogP contribution >= 0.6 is 0 Å². The van der Waals surface area contributed by atoms with Crippen LogP contribution in [0.15, 0.2) is 42.5 Å². The summed E-state index contributed by atoms with van der Waals surface area (Å²) >= 11 is 0. The molecule has 2 aromatic rings. The first-order valence-corrected chi connectivity index (χ1v) is 10.6. The Hall–Kier alpha value is -3.23. The first kappa shape index (κ1) is 22.9. The number of alkyl halides is 3. The third-order valence-electron chi connectivity index (χ3n) is 6.24. The standard InChI is InChI=1S/C24H25F3N2O4/c1-23(2,3)20-18-13-33-19-9-6-15(14-4-7-16(8-5-14)24(25,26)27)12-17(19)21(30)28(18)10-11-29(20)22(31)32/h4-9,12,18,20H,10-11,13H2,1-3H3,(H,31,32)/t18?,20-/m1/s1. The fourth-order valence-electron chi connectivity index (χ4n) is 4.78. The number of benzene rings is 2. The number of piperazine rings is 1. The third kappa shape index (κ3) is 4.24. The van der Waals surface area contributed by atoms with E-state index in [9.17, 15) is 27.9 Å². The molecular formula is C24H25F3N2O4. The Morgan fingerprint density at radius 3 is 2.24 bits per heavy atom. The second-order valence-corrected chi connectivity index (χ2v) is 9.45. The molecule has 6 nitrogen and oxygen atoms in total. The molecule has 2 heterocycles. The second kappa shape index (κ2) is 7.97. The van der Waals surface area contributed by atoms with Crippen LogP contribution in [0.25, 0.3) is 11.1 Å². The lowest BCUT2D eigenvalue weighted by atomic mass is 9.79. The van der Waals surface area contributed by atoms with E-state index >= 15 is 0 Å². The van der Waals surface area contributed by atoms with E-state index < -0.39 is 35.3 Å². The molecule has 0 aliphatic carbocycles. The molecule has 176 valence electrons. The minimum absolute atomic E-state index is 0.143. The topological polar surface area (TPSA) is 70.1 Å². The molecule has 0 saturated carbocycles. The molecule has 33 heavy (non-hydrogen) atoms. The summed E-state index contributed by atoms with van der Waals surface area (Å²) in [6, 6.07) is 8.79. The van der Waals surface area contributed by atoms with Gasteiger partial charge in [0.25, 0.3) is 5.91 Å². The van der Waals surface area contributed by atoms with Crippen LogP contribution in [0.3, 0.4) is 0 Å². The van der Waals surface area contributed by atoms with E-state index in [2.05, 4.69) is 0 Å². The summed E-state index contributed by atoms with van der Waals surface area (Å²) in [5.41, 5.74) is 0.268. The number of hydrogen-bond acceptors (Lipinski definition) is 3. The minimum atomic E-state index is -4.42. The zero-order valence-electron chi connectivity index (χ0n) is 18.5. The highest BCUT2D eigenvalue weighted by Crippen LogP contribution is 2.38. The van der Waals surface area contributed by atoms with Gasteiger partial charge < -0.3 is 19.6 Å². The Morgan fingerprint density at radius 2 is 1.67 bits per heavy atom. The van der Waals surface area contributed by atoms with E-state index in [1.165, 1.54) is 17.0 Å². The average molecular weight is 462 g/mol.